The van der Waals surface area contributed by atoms with Gasteiger partial charge in [0.15, 0.2) is 5.12 Å². The summed E-state index contributed by atoms with van der Waals surface area (Å²) in [5.74, 6) is 0. The molecular weight excluding hydrogens is 286 g/mol. The van der Waals surface area contributed by atoms with E-state index in [0.717, 1.165) is 25.7 Å². The molecule has 1 aliphatic carbocycles. The Labute approximate surface area is 127 Å². The lowest BCUT2D eigenvalue weighted by Crippen LogP contribution is -2.46. The van der Waals surface area contributed by atoms with Gasteiger partial charge in [0.2, 0.25) is 0 Å². The van der Waals surface area contributed by atoms with Gasteiger partial charge in [0.05, 0.1) is 11.7 Å². The van der Waals surface area contributed by atoms with E-state index in [4.69, 9.17) is 4.74 Å². The van der Waals surface area contributed by atoms with Gasteiger partial charge >= 0.3 is 0 Å². The molecule has 0 aromatic rings. The average molecular weight is 310 g/mol. The highest BCUT2D eigenvalue weighted by atomic mass is 32.2. The SMILES string of the molecule is CC(C)(C)OC1CCC(CC(=O)S)(N(S)S)CC1. The first-order valence-electron chi connectivity index (χ1n) is 6.22. The summed E-state index contributed by atoms with van der Waals surface area (Å²) < 4.78 is 7.56. The monoisotopic (exact) mass is 309 g/mol. The van der Waals surface area contributed by atoms with E-state index in [1.54, 1.807) is 3.71 Å². The molecule has 3 nitrogen and oxygen atoms in total. The van der Waals surface area contributed by atoms with Crippen LogP contribution >= 0.6 is 38.3 Å². The van der Waals surface area contributed by atoms with Crippen molar-refractivity contribution in [2.24, 2.45) is 0 Å². The van der Waals surface area contributed by atoms with Gasteiger partial charge in [0.1, 0.15) is 0 Å². The fourth-order valence-corrected chi connectivity index (χ4v) is 3.31. The zero-order chi connectivity index (χ0) is 14.0. The van der Waals surface area contributed by atoms with Crippen molar-refractivity contribution in [3.05, 3.63) is 0 Å². The normalized spacial score (nSPS) is 29.6. The van der Waals surface area contributed by atoms with Crippen molar-refractivity contribution < 1.29 is 9.53 Å². The molecule has 0 unspecified atom stereocenters. The average Bonchev–Trinajstić information content (AvgIpc) is 2.18. The van der Waals surface area contributed by atoms with E-state index in [2.05, 4.69) is 59.0 Å². The molecular formula is C12H23NO2S3. The second kappa shape index (κ2) is 6.39. The van der Waals surface area contributed by atoms with E-state index in [0.29, 0.717) is 6.42 Å². The highest BCUT2D eigenvalue weighted by Gasteiger charge is 2.40. The van der Waals surface area contributed by atoms with Gasteiger partial charge in [0, 0.05) is 12.0 Å². The quantitative estimate of drug-likeness (QED) is 0.696. The van der Waals surface area contributed by atoms with Crippen LogP contribution in [0.15, 0.2) is 0 Å². The first kappa shape index (κ1) is 16.7. The summed E-state index contributed by atoms with van der Waals surface area (Å²) in [5.41, 5.74) is -0.408. The van der Waals surface area contributed by atoms with Crippen LogP contribution in [0.4, 0.5) is 0 Å². The molecule has 106 valence electrons. The van der Waals surface area contributed by atoms with Crippen LogP contribution in [0.3, 0.4) is 0 Å². The Morgan fingerprint density at radius 3 is 2.17 bits per heavy atom. The minimum atomic E-state index is -0.289. The van der Waals surface area contributed by atoms with Crippen LogP contribution in [0.2, 0.25) is 0 Å². The van der Waals surface area contributed by atoms with Gasteiger partial charge in [-0.3, -0.25) is 4.79 Å². The Balaban J connectivity index is 2.61. The summed E-state index contributed by atoms with van der Waals surface area (Å²) in [6.45, 7) is 6.20. The van der Waals surface area contributed by atoms with E-state index < -0.39 is 0 Å². The lowest BCUT2D eigenvalue weighted by atomic mass is 9.79. The van der Waals surface area contributed by atoms with Crippen molar-refractivity contribution in [2.45, 2.75) is 70.1 Å². The van der Waals surface area contributed by atoms with Crippen molar-refractivity contribution in [3.8, 4) is 0 Å². The van der Waals surface area contributed by atoms with Crippen molar-refractivity contribution in [2.75, 3.05) is 0 Å². The van der Waals surface area contributed by atoms with Crippen molar-refractivity contribution in [1.29, 1.82) is 0 Å². The molecule has 18 heavy (non-hydrogen) atoms. The number of ether oxygens (including phenoxy) is 1. The second-order valence-electron chi connectivity index (χ2n) is 6.01. The van der Waals surface area contributed by atoms with Crippen LogP contribution in [-0.4, -0.2) is 26.1 Å². The van der Waals surface area contributed by atoms with Gasteiger partial charge in [-0.25, -0.2) is 0 Å². The van der Waals surface area contributed by atoms with E-state index in [9.17, 15) is 4.79 Å². The van der Waals surface area contributed by atoms with E-state index in [1.807, 2.05) is 0 Å². The number of hydrogen-bond donors (Lipinski definition) is 3. The van der Waals surface area contributed by atoms with Crippen molar-refractivity contribution >= 4 is 43.4 Å². The molecule has 0 aromatic carbocycles. The molecule has 0 spiro atoms. The minimum Gasteiger partial charge on any atom is -0.373 e. The molecule has 0 aliphatic heterocycles. The van der Waals surface area contributed by atoms with Gasteiger partial charge in [-0.1, -0.05) is 25.6 Å². The molecule has 0 radical (unpaired) electrons. The molecule has 0 bridgehead atoms. The molecule has 0 atom stereocenters. The van der Waals surface area contributed by atoms with Crippen LogP contribution in [0.1, 0.15) is 52.9 Å². The number of hydrogen-bond acceptors (Lipinski definition) is 5. The van der Waals surface area contributed by atoms with Crippen LogP contribution < -0.4 is 0 Å². The smallest absolute Gasteiger partial charge is 0.187 e. The lowest BCUT2D eigenvalue weighted by molar-refractivity contribution is -0.114. The predicted octanol–water partition coefficient (Wildman–Crippen LogP) is 3.32. The van der Waals surface area contributed by atoms with Gasteiger partial charge in [-0.2, -0.15) is 3.71 Å². The lowest BCUT2D eigenvalue weighted by Gasteiger charge is -2.43. The summed E-state index contributed by atoms with van der Waals surface area (Å²) in [6, 6.07) is 0. The third-order valence-corrected chi connectivity index (χ3v) is 4.29. The predicted molar refractivity (Wildman–Crippen MR) is 84.2 cm³/mol. The van der Waals surface area contributed by atoms with Gasteiger partial charge in [-0.15, -0.1) is 12.6 Å². The number of nitrogens with zero attached hydrogens (tertiary/aromatic N) is 1. The van der Waals surface area contributed by atoms with Crippen LogP contribution in [0.5, 0.6) is 0 Å². The van der Waals surface area contributed by atoms with E-state index >= 15 is 0 Å². The van der Waals surface area contributed by atoms with Gasteiger partial charge in [0.25, 0.3) is 0 Å². The first-order chi connectivity index (χ1) is 8.15. The van der Waals surface area contributed by atoms with Gasteiger partial charge in [-0.05, 0) is 46.5 Å². The summed E-state index contributed by atoms with van der Waals surface area (Å²) in [4.78, 5) is 11.3. The molecule has 1 fully saturated rings. The highest BCUT2D eigenvalue weighted by Crippen LogP contribution is 2.40. The number of carbonyl (C=O) groups is 1. The molecule has 0 saturated heterocycles. The van der Waals surface area contributed by atoms with Gasteiger partial charge < -0.3 is 4.74 Å². The van der Waals surface area contributed by atoms with E-state index in [1.165, 1.54) is 0 Å². The van der Waals surface area contributed by atoms with Crippen LogP contribution in [0, 0.1) is 0 Å². The van der Waals surface area contributed by atoms with E-state index in [-0.39, 0.29) is 22.4 Å². The fourth-order valence-electron chi connectivity index (χ4n) is 2.48. The highest BCUT2D eigenvalue weighted by molar-refractivity contribution is 7.96. The minimum absolute atomic E-state index is 0.113. The maximum atomic E-state index is 11.3. The third kappa shape index (κ3) is 4.96. The molecule has 1 rings (SSSR count). The molecule has 0 heterocycles. The summed E-state index contributed by atoms with van der Waals surface area (Å²) in [7, 11) is 0. The topological polar surface area (TPSA) is 29.5 Å². The Hall–Kier alpha value is 0.640. The number of rotatable bonds is 4. The first-order valence-corrected chi connectivity index (χ1v) is 7.47. The molecule has 1 aliphatic rings. The standard InChI is InChI=1S/C12H23NO2S3/c1-11(2,3)15-9-4-6-12(7-5-9,13(17)18)8-10(14)16/h9,17-18H,4-8H2,1-3H3,(H,14,16). The zero-order valence-electron chi connectivity index (χ0n) is 11.2. The summed E-state index contributed by atoms with van der Waals surface area (Å²) in [5, 5.41) is -0.113. The Morgan fingerprint density at radius 1 is 1.33 bits per heavy atom. The maximum Gasteiger partial charge on any atom is 0.187 e. The number of carbonyl (C=O) groups excluding carboxylic acids is 1. The maximum absolute atomic E-state index is 11.3. The largest absolute Gasteiger partial charge is 0.373 e. The zero-order valence-corrected chi connectivity index (χ0v) is 13.9. The third-order valence-electron chi connectivity index (χ3n) is 3.29. The van der Waals surface area contributed by atoms with Crippen molar-refractivity contribution in [1.82, 2.24) is 3.71 Å². The number of thiol groups is 3. The Bertz CT molecular complexity index is 294. The van der Waals surface area contributed by atoms with Crippen molar-refractivity contribution in [3.63, 3.8) is 0 Å². The molecule has 0 amide bonds. The van der Waals surface area contributed by atoms with Crippen LogP contribution in [-0.2, 0) is 9.53 Å². The molecule has 0 N–H and O–H groups in total. The fraction of sp³-hybridized carbons (Fsp3) is 0.917. The molecule has 6 heteroatoms. The molecule has 0 aromatic heterocycles. The van der Waals surface area contributed by atoms with Crippen LogP contribution in [0.25, 0.3) is 0 Å². The second-order valence-corrected chi connectivity index (χ2v) is 7.63. The molecule has 1 saturated carbocycles. The Kier molecular flexibility index (Phi) is 5.93. The Morgan fingerprint density at radius 2 is 1.83 bits per heavy atom. The summed E-state index contributed by atoms with van der Waals surface area (Å²) in [6.07, 6.45) is 4.20. The summed E-state index contributed by atoms with van der Waals surface area (Å²) >= 11 is 12.5.